The van der Waals surface area contributed by atoms with E-state index in [9.17, 15) is 14.7 Å². The van der Waals surface area contributed by atoms with E-state index in [0.29, 0.717) is 13.0 Å². The molecule has 0 aliphatic heterocycles. The van der Waals surface area contributed by atoms with Gasteiger partial charge in [-0.15, -0.1) is 0 Å². The minimum atomic E-state index is -0.875. The third kappa shape index (κ3) is 25.8. The van der Waals surface area contributed by atoms with Gasteiger partial charge in [0, 0.05) is 0 Å². The third-order valence-electron chi connectivity index (χ3n) is 7.02. The summed E-state index contributed by atoms with van der Waals surface area (Å²) < 4.78 is 5.02. The molecule has 0 saturated carbocycles. The largest absolute Gasteiger partial charge is 0.481 e. The number of aliphatic carboxylic acids is 1. The summed E-state index contributed by atoms with van der Waals surface area (Å²) in [5.74, 6) is -1.85. The number of hydrogen-bond acceptors (Lipinski definition) is 3. The second kappa shape index (κ2) is 28.3. The van der Waals surface area contributed by atoms with Crippen LogP contribution in [0.2, 0.25) is 0 Å². The van der Waals surface area contributed by atoms with Crippen LogP contribution in [-0.4, -0.2) is 23.7 Å². The van der Waals surface area contributed by atoms with Crippen LogP contribution in [0.1, 0.15) is 168 Å². The van der Waals surface area contributed by atoms with Crippen LogP contribution in [0.4, 0.5) is 0 Å². The average molecular weight is 509 g/mol. The zero-order valence-electron chi connectivity index (χ0n) is 24.1. The molecule has 0 saturated heterocycles. The maximum absolute atomic E-state index is 11.7. The van der Waals surface area contributed by atoms with Gasteiger partial charge in [0.15, 0.2) is 0 Å². The quantitative estimate of drug-likeness (QED) is 0.0648. The van der Waals surface area contributed by atoms with Crippen molar-refractivity contribution in [1.29, 1.82) is 0 Å². The Bertz CT molecular complexity index is 514. The molecule has 4 nitrogen and oxygen atoms in total. The van der Waals surface area contributed by atoms with Gasteiger partial charge in [0.05, 0.1) is 18.9 Å². The van der Waals surface area contributed by atoms with Crippen LogP contribution in [0.5, 0.6) is 0 Å². The summed E-state index contributed by atoms with van der Waals surface area (Å²) in [6, 6.07) is 0. The lowest BCUT2D eigenvalue weighted by Crippen LogP contribution is -2.19. The molecule has 0 aliphatic carbocycles. The highest BCUT2D eigenvalue weighted by Crippen LogP contribution is 2.18. The lowest BCUT2D eigenvalue weighted by molar-refractivity contribution is -0.151. The summed E-state index contributed by atoms with van der Waals surface area (Å²) in [7, 11) is 0. The van der Waals surface area contributed by atoms with Gasteiger partial charge in [-0.05, 0) is 32.1 Å². The Morgan fingerprint density at radius 1 is 0.611 bits per heavy atom. The molecule has 0 amide bonds. The van der Waals surface area contributed by atoms with Crippen molar-refractivity contribution in [2.45, 2.75) is 168 Å². The van der Waals surface area contributed by atoms with E-state index in [0.717, 1.165) is 19.3 Å². The average Bonchev–Trinajstić information content (AvgIpc) is 2.87. The number of allylic oxidation sites excluding steroid dienone is 2. The van der Waals surface area contributed by atoms with E-state index in [1.165, 1.54) is 122 Å². The lowest BCUT2D eigenvalue weighted by Gasteiger charge is -2.11. The maximum atomic E-state index is 11.7. The fourth-order valence-corrected chi connectivity index (χ4v) is 4.67. The van der Waals surface area contributed by atoms with Crippen molar-refractivity contribution in [1.82, 2.24) is 0 Å². The van der Waals surface area contributed by atoms with Crippen LogP contribution < -0.4 is 0 Å². The number of carbonyl (C=O) groups is 2. The Hall–Kier alpha value is -1.32. The van der Waals surface area contributed by atoms with Crippen molar-refractivity contribution in [3.63, 3.8) is 0 Å². The second-order valence-electron chi connectivity index (χ2n) is 10.7. The van der Waals surface area contributed by atoms with Crippen LogP contribution in [0, 0.1) is 5.92 Å². The van der Waals surface area contributed by atoms with Gasteiger partial charge in [-0.1, -0.05) is 142 Å². The van der Waals surface area contributed by atoms with Crippen LogP contribution in [0.25, 0.3) is 0 Å². The van der Waals surface area contributed by atoms with E-state index < -0.39 is 11.9 Å². The third-order valence-corrected chi connectivity index (χ3v) is 7.02. The number of carboxylic acids is 1. The summed E-state index contributed by atoms with van der Waals surface area (Å²) in [6.07, 6.45) is 33.6. The highest BCUT2D eigenvalue weighted by Gasteiger charge is 2.21. The molecule has 0 spiro atoms. The Morgan fingerprint density at radius 2 is 1.03 bits per heavy atom. The summed E-state index contributed by atoms with van der Waals surface area (Å²) >= 11 is 0. The monoisotopic (exact) mass is 508 g/mol. The van der Waals surface area contributed by atoms with Crippen LogP contribution in [-0.2, 0) is 14.3 Å². The highest BCUT2D eigenvalue weighted by molar-refractivity contribution is 5.78. The van der Waals surface area contributed by atoms with Gasteiger partial charge in [-0.3, -0.25) is 9.59 Å². The normalized spacial score (nSPS) is 12.3. The Morgan fingerprint density at radius 3 is 1.44 bits per heavy atom. The predicted molar refractivity (Wildman–Crippen MR) is 153 cm³/mol. The molecule has 0 aromatic carbocycles. The minimum absolute atomic E-state index is 0.00676. The van der Waals surface area contributed by atoms with Gasteiger partial charge in [-0.25, -0.2) is 0 Å². The molecule has 0 radical (unpaired) electrons. The molecule has 1 unspecified atom stereocenters. The van der Waals surface area contributed by atoms with Gasteiger partial charge in [0.2, 0.25) is 0 Å². The molecular formula is C32H60O4. The van der Waals surface area contributed by atoms with Crippen LogP contribution >= 0.6 is 0 Å². The summed E-state index contributed by atoms with van der Waals surface area (Å²) in [5.41, 5.74) is 0. The van der Waals surface area contributed by atoms with Crippen molar-refractivity contribution in [2.75, 3.05) is 6.61 Å². The van der Waals surface area contributed by atoms with E-state index in [4.69, 9.17) is 4.74 Å². The molecule has 1 N–H and O–H groups in total. The van der Waals surface area contributed by atoms with Crippen LogP contribution in [0.15, 0.2) is 12.2 Å². The molecule has 0 aromatic heterocycles. The standard InChI is InChI=1S/C32H60O4/c1-3-5-6-7-8-9-10-11-12-13-14-15-16-17-18-19-20-21-22-23-24-25-26-27-30(32(34)35)29-31(33)36-28-4-2/h6-7,30H,3-5,8-29H2,1-2H3,(H,34,35)/b7-6+. The number of esters is 1. The second-order valence-corrected chi connectivity index (χ2v) is 10.7. The Kier molecular flexibility index (Phi) is 27.2. The van der Waals surface area contributed by atoms with Gasteiger partial charge < -0.3 is 9.84 Å². The van der Waals surface area contributed by atoms with Crippen molar-refractivity contribution in [2.24, 2.45) is 5.92 Å². The van der Waals surface area contributed by atoms with E-state index in [1.807, 2.05) is 6.92 Å². The topological polar surface area (TPSA) is 63.6 Å². The number of carboxylic acid groups (broad SMARTS) is 1. The molecule has 0 aliphatic rings. The molecule has 1 atom stereocenters. The first-order valence-corrected chi connectivity index (χ1v) is 15.6. The highest BCUT2D eigenvalue weighted by atomic mass is 16.5. The molecule has 212 valence electrons. The van der Waals surface area contributed by atoms with Crippen LogP contribution in [0.3, 0.4) is 0 Å². The summed E-state index contributed by atoms with van der Waals surface area (Å²) in [4.78, 5) is 23.0. The first-order valence-electron chi connectivity index (χ1n) is 15.6. The molecule has 0 aromatic rings. The summed E-state index contributed by atoms with van der Waals surface area (Å²) in [6.45, 7) is 4.55. The van der Waals surface area contributed by atoms with Gasteiger partial charge in [0.25, 0.3) is 0 Å². The molecule has 4 heteroatoms. The van der Waals surface area contributed by atoms with Gasteiger partial charge in [0.1, 0.15) is 0 Å². The number of ether oxygens (including phenoxy) is 1. The van der Waals surface area contributed by atoms with Crippen molar-refractivity contribution >= 4 is 11.9 Å². The number of rotatable bonds is 28. The molecular weight excluding hydrogens is 448 g/mol. The van der Waals surface area contributed by atoms with E-state index in [-0.39, 0.29) is 12.4 Å². The van der Waals surface area contributed by atoms with Gasteiger partial charge in [-0.2, -0.15) is 0 Å². The van der Waals surface area contributed by atoms with Crippen molar-refractivity contribution in [3.05, 3.63) is 12.2 Å². The minimum Gasteiger partial charge on any atom is -0.481 e. The maximum Gasteiger partial charge on any atom is 0.307 e. The smallest absolute Gasteiger partial charge is 0.307 e. The number of carbonyl (C=O) groups excluding carboxylic acids is 1. The molecule has 36 heavy (non-hydrogen) atoms. The lowest BCUT2D eigenvalue weighted by atomic mass is 9.97. The first kappa shape index (κ1) is 34.7. The Labute approximate surface area is 224 Å². The number of hydrogen-bond donors (Lipinski definition) is 1. The van der Waals surface area contributed by atoms with E-state index in [2.05, 4.69) is 19.1 Å². The molecule has 0 heterocycles. The zero-order valence-corrected chi connectivity index (χ0v) is 24.1. The van der Waals surface area contributed by atoms with Crippen molar-refractivity contribution < 1.29 is 19.4 Å². The van der Waals surface area contributed by atoms with Crippen molar-refractivity contribution in [3.8, 4) is 0 Å². The molecule has 0 fully saturated rings. The van der Waals surface area contributed by atoms with E-state index >= 15 is 0 Å². The fourth-order valence-electron chi connectivity index (χ4n) is 4.67. The fraction of sp³-hybridized carbons (Fsp3) is 0.875. The first-order chi connectivity index (χ1) is 17.6. The van der Waals surface area contributed by atoms with Gasteiger partial charge >= 0.3 is 11.9 Å². The Balaban J connectivity index is 3.32. The molecule has 0 bridgehead atoms. The zero-order chi connectivity index (χ0) is 26.5. The summed E-state index contributed by atoms with van der Waals surface area (Å²) in [5, 5.41) is 9.32. The van der Waals surface area contributed by atoms with E-state index in [1.54, 1.807) is 0 Å². The number of unbranched alkanes of at least 4 members (excludes halogenated alkanes) is 19. The molecule has 0 rings (SSSR count). The predicted octanol–water partition coefficient (Wildman–Crippen LogP) is 10.2. The SMILES string of the molecule is CCC/C=C/CCCCCCCCCCCCCCCCCCCCC(CC(=O)OCCC)C(=O)O.